The van der Waals surface area contributed by atoms with Crippen LogP contribution in [0.5, 0.6) is 5.75 Å². The fourth-order valence-electron chi connectivity index (χ4n) is 2.90. The van der Waals surface area contributed by atoms with E-state index in [0.29, 0.717) is 11.4 Å². The minimum Gasteiger partial charge on any atom is -0.482 e. The van der Waals surface area contributed by atoms with Gasteiger partial charge in [0.2, 0.25) is 0 Å². The van der Waals surface area contributed by atoms with Crippen LogP contribution in [0, 0.1) is 0 Å². The van der Waals surface area contributed by atoms with Gasteiger partial charge in [-0.15, -0.1) is 22.9 Å². The quantitative estimate of drug-likeness (QED) is 0.853. The van der Waals surface area contributed by atoms with Crippen molar-refractivity contribution in [1.82, 2.24) is 0 Å². The highest BCUT2D eigenvalue weighted by Gasteiger charge is 2.22. The number of alkyl halides is 1. The summed E-state index contributed by atoms with van der Waals surface area (Å²) in [5.41, 5.74) is 3.15. The smallest absolute Gasteiger partial charge is 0.262 e. The first-order chi connectivity index (χ1) is 10.2. The number of anilines is 1. The van der Waals surface area contributed by atoms with E-state index in [1.807, 2.05) is 29.5 Å². The molecule has 2 heterocycles. The zero-order chi connectivity index (χ0) is 14.4. The maximum absolute atomic E-state index is 11.4. The summed E-state index contributed by atoms with van der Waals surface area (Å²) >= 11 is 8.45. The molecule has 1 N–H and O–H groups in total. The Labute approximate surface area is 131 Å². The van der Waals surface area contributed by atoms with Gasteiger partial charge in [0.25, 0.3) is 5.91 Å². The van der Waals surface area contributed by atoms with Crippen LogP contribution in [-0.2, 0) is 17.6 Å². The zero-order valence-corrected chi connectivity index (χ0v) is 12.9. The molecular formula is C16H14ClNO2S. The standard InChI is InChI=1S/C16H14ClNO2S/c17-16(14-7-9-2-1-3-13(9)21-14)10-4-5-12-11(6-10)18-15(19)8-20-12/h4-7,16H,1-3,8H2,(H,18,19). The van der Waals surface area contributed by atoms with E-state index in [1.165, 1.54) is 34.6 Å². The minimum atomic E-state index is -0.176. The Morgan fingerprint density at radius 2 is 2.19 bits per heavy atom. The first kappa shape index (κ1) is 13.2. The van der Waals surface area contributed by atoms with E-state index in [1.54, 1.807) is 0 Å². The van der Waals surface area contributed by atoms with Crippen molar-refractivity contribution in [3.63, 3.8) is 0 Å². The summed E-state index contributed by atoms with van der Waals surface area (Å²) in [6, 6.07) is 7.99. The number of halogens is 1. The van der Waals surface area contributed by atoms with E-state index in [-0.39, 0.29) is 17.9 Å². The van der Waals surface area contributed by atoms with Gasteiger partial charge in [-0.25, -0.2) is 0 Å². The maximum Gasteiger partial charge on any atom is 0.262 e. The number of fused-ring (bicyclic) bond motifs is 2. The molecule has 2 aromatic rings. The number of hydrogen-bond donors (Lipinski definition) is 1. The molecule has 0 saturated carbocycles. The Morgan fingerprint density at radius 1 is 1.29 bits per heavy atom. The number of benzene rings is 1. The van der Waals surface area contributed by atoms with Gasteiger partial charge in [-0.1, -0.05) is 6.07 Å². The largest absolute Gasteiger partial charge is 0.482 e. The molecule has 1 aromatic carbocycles. The molecule has 21 heavy (non-hydrogen) atoms. The lowest BCUT2D eigenvalue weighted by molar-refractivity contribution is -0.118. The first-order valence-corrected chi connectivity index (χ1v) is 8.28. The van der Waals surface area contributed by atoms with Gasteiger partial charge in [0.05, 0.1) is 11.1 Å². The van der Waals surface area contributed by atoms with Gasteiger partial charge in [-0.3, -0.25) is 4.79 Å². The average Bonchev–Trinajstić information content (AvgIpc) is 3.06. The van der Waals surface area contributed by atoms with Gasteiger partial charge in [-0.05, 0) is 48.6 Å². The molecule has 1 atom stereocenters. The normalized spacial score (nSPS) is 17.7. The Hall–Kier alpha value is -1.52. The van der Waals surface area contributed by atoms with E-state index in [2.05, 4.69) is 11.4 Å². The molecule has 108 valence electrons. The van der Waals surface area contributed by atoms with Crippen molar-refractivity contribution in [2.75, 3.05) is 11.9 Å². The van der Waals surface area contributed by atoms with Gasteiger partial charge in [0, 0.05) is 9.75 Å². The number of rotatable bonds is 2. The van der Waals surface area contributed by atoms with Crippen molar-refractivity contribution in [3.8, 4) is 5.75 Å². The molecule has 0 bridgehead atoms. The van der Waals surface area contributed by atoms with Crippen molar-refractivity contribution in [2.45, 2.75) is 24.6 Å². The van der Waals surface area contributed by atoms with E-state index in [9.17, 15) is 4.79 Å². The topological polar surface area (TPSA) is 38.3 Å². The molecule has 0 saturated heterocycles. The summed E-state index contributed by atoms with van der Waals surface area (Å²) in [6.07, 6.45) is 3.61. The Kier molecular flexibility index (Phi) is 3.16. The van der Waals surface area contributed by atoms with Crippen LogP contribution in [0.4, 0.5) is 5.69 Å². The van der Waals surface area contributed by atoms with Crippen LogP contribution in [0.25, 0.3) is 0 Å². The highest BCUT2D eigenvalue weighted by Crippen LogP contribution is 2.41. The van der Waals surface area contributed by atoms with Crippen LogP contribution >= 0.6 is 22.9 Å². The molecule has 0 radical (unpaired) electrons. The number of nitrogens with one attached hydrogen (secondary N) is 1. The van der Waals surface area contributed by atoms with Gasteiger partial charge >= 0.3 is 0 Å². The fourth-order valence-corrected chi connectivity index (χ4v) is 4.50. The molecule has 1 aromatic heterocycles. The summed E-state index contributed by atoms with van der Waals surface area (Å²) < 4.78 is 5.37. The summed E-state index contributed by atoms with van der Waals surface area (Å²) in [5.74, 6) is 0.580. The van der Waals surface area contributed by atoms with Crippen molar-refractivity contribution < 1.29 is 9.53 Å². The van der Waals surface area contributed by atoms with Crippen molar-refractivity contribution in [3.05, 3.63) is 45.1 Å². The highest BCUT2D eigenvalue weighted by atomic mass is 35.5. The van der Waals surface area contributed by atoms with E-state index >= 15 is 0 Å². The number of hydrogen-bond acceptors (Lipinski definition) is 3. The number of carbonyl (C=O) groups excluding carboxylic acids is 1. The van der Waals surface area contributed by atoms with E-state index in [0.717, 1.165) is 5.56 Å². The van der Waals surface area contributed by atoms with Crippen LogP contribution in [0.15, 0.2) is 24.3 Å². The number of carbonyl (C=O) groups is 1. The number of amides is 1. The summed E-state index contributed by atoms with van der Waals surface area (Å²) in [5, 5.41) is 2.65. The lowest BCUT2D eigenvalue weighted by Gasteiger charge is -2.19. The van der Waals surface area contributed by atoms with Gasteiger partial charge < -0.3 is 10.1 Å². The molecule has 1 unspecified atom stereocenters. The van der Waals surface area contributed by atoms with Crippen molar-refractivity contribution in [1.29, 1.82) is 0 Å². The first-order valence-electron chi connectivity index (χ1n) is 7.03. The molecule has 1 aliphatic heterocycles. The third kappa shape index (κ3) is 2.32. The molecule has 4 rings (SSSR count). The molecule has 1 amide bonds. The number of aryl methyl sites for hydroxylation is 2. The van der Waals surface area contributed by atoms with Crippen molar-refractivity contribution >= 4 is 34.5 Å². The third-order valence-electron chi connectivity index (χ3n) is 3.94. The fraction of sp³-hybridized carbons (Fsp3) is 0.312. The Bertz CT molecular complexity index is 704. The van der Waals surface area contributed by atoms with Gasteiger partial charge in [0.15, 0.2) is 6.61 Å². The average molecular weight is 320 g/mol. The monoisotopic (exact) mass is 319 g/mol. The second-order valence-corrected chi connectivity index (χ2v) is 7.01. The molecule has 0 fully saturated rings. The third-order valence-corrected chi connectivity index (χ3v) is 5.86. The predicted molar refractivity (Wildman–Crippen MR) is 84.6 cm³/mol. The number of ether oxygens (including phenoxy) is 1. The van der Waals surface area contributed by atoms with Gasteiger partial charge in [0.1, 0.15) is 5.75 Å². The summed E-state index contributed by atoms with van der Waals surface area (Å²) in [7, 11) is 0. The lowest BCUT2D eigenvalue weighted by Crippen LogP contribution is -2.25. The van der Waals surface area contributed by atoms with Gasteiger partial charge in [-0.2, -0.15) is 0 Å². The molecule has 3 nitrogen and oxygen atoms in total. The Morgan fingerprint density at radius 3 is 3.05 bits per heavy atom. The van der Waals surface area contributed by atoms with E-state index < -0.39 is 0 Å². The number of thiophene rings is 1. The summed E-state index contributed by atoms with van der Waals surface area (Å²) in [6.45, 7) is 0.0777. The van der Waals surface area contributed by atoms with Crippen LogP contribution < -0.4 is 10.1 Å². The van der Waals surface area contributed by atoms with Crippen LogP contribution in [-0.4, -0.2) is 12.5 Å². The van der Waals surface area contributed by atoms with E-state index in [4.69, 9.17) is 16.3 Å². The molecular weight excluding hydrogens is 306 g/mol. The highest BCUT2D eigenvalue weighted by molar-refractivity contribution is 7.12. The minimum absolute atomic E-state index is 0.0777. The molecule has 0 spiro atoms. The van der Waals surface area contributed by atoms with Crippen LogP contribution in [0.2, 0.25) is 0 Å². The molecule has 2 aliphatic rings. The van der Waals surface area contributed by atoms with Crippen LogP contribution in [0.1, 0.15) is 32.7 Å². The Balaban J connectivity index is 1.66. The molecule has 1 aliphatic carbocycles. The predicted octanol–water partition coefficient (Wildman–Crippen LogP) is 3.90. The SMILES string of the molecule is O=C1COc2ccc(C(Cl)c3cc4c(s3)CCC4)cc2N1. The summed E-state index contributed by atoms with van der Waals surface area (Å²) in [4.78, 5) is 14.1. The zero-order valence-electron chi connectivity index (χ0n) is 11.3. The van der Waals surface area contributed by atoms with Crippen LogP contribution in [0.3, 0.4) is 0 Å². The maximum atomic E-state index is 11.4. The second-order valence-electron chi connectivity index (χ2n) is 5.41. The van der Waals surface area contributed by atoms with Crippen molar-refractivity contribution in [2.24, 2.45) is 0 Å². The second kappa shape index (κ2) is 5.04. The molecule has 5 heteroatoms. The lowest BCUT2D eigenvalue weighted by atomic mass is 10.1.